The van der Waals surface area contributed by atoms with Crippen molar-refractivity contribution in [1.29, 1.82) is 0 Å². The van der Waals surface area contributed by atoms with Crippen LogP contribution in [0.3, 0.4) is 0 Å². The SMILES string of the molecule is COc1cccc(CN(C)C(=O)c2cc(-c3ccnn3-c3ccccc3F)c(O)cc2O)c1OC. The Balaban J connectivity index is 1.70. The summed E-state index contributed by atoms with van der Waals surface area (Å²) in [4.78, 5) is 14.7. The Labute approximate surface area is 201 Å². The molecule has 1 amide bonds. The quantitative estimate of drug-likeness (QED) is 0.410. The Kier molecular flexibility index (Phi) is 6.59. The minimum atomic E-state index is -0.501. The van der Waals surface area contributed by atoms with Crippen molar-refractivity contribution in [2.45, 2.75) is 6.54 Å². The second-order valence-electron chi connectivity index (χ2n) is 7.78. The van der Waals surface area contributed by atoms with Gasteiger partial charge in [0.15, 0.2) is 11.5 Å². The van der Waals surface area contributed by atoms with E-state index in [-0.39, 0.29) is 29.1 Å². The van der Waals surface area contributed by atoms with Gasteiger partial charge in [-0.25, -0.2) is 9.07 Å². The number of benzene rings is 3. The van der Waals surface area contributed by atoms with E-state index in [4.69, 9.17) is 9.47 Å². The van der Waals surface area contributed by atoms with Crippen LogP contribution in [0.1, 0.15) is 15.9 Å². The zero-order chi connectivity index (χ0) is 25.1. The molecule has 0 spiro atoms. The monoisotopic (exact) mass is 477 g/mol. The predicted molar refractivity (Wildman–Crippen MR) is 128 cm³/mol. The molecule has 0 unspecified atom stereocenters. The van der Waals surface area contributed by atoms with Crippen LogP contribution in [-0.4, -0.2) is 52.1 Å². The van der Waals surface area contributed by atoms with Gasteiger partial charge in [0.05, 0.1) is 31.7 Å². The highest BCUT2D eigenvalue weighted by atomic mass is 19.1. The van der Waals surface area contributed by atoms with Crippen LogP contribution in [0.5, 0.6) is 23.0 Å². The van der Waals surface area contributed by atoms with Crippen molar-refractivity contribution in [3.8, 4) is 39.9 Å². The summed E-state index contributed by atoms with van der Waals surface area (Å²) < 4.78 is 26.5. The number of amides is 1. The van der Waals surface area contributed by atoms with Crippen LogP contribution in [0.4, 0.5) is 4.39 Å². The number of hydrogen-bond acceptors (Lipinski definition) is 6. The molecular formula is C26H24FN3O5. The zero-order valence-corrected chi connectivity index (χ0v) is 19.4. The number of hydrogen-bond donors (Lipinski definition) is 2. The van der Waals surface area contributed by atoms with Crippen molar-refractivity contribution < 1.29 is 28.9 Å². The lowest BCUT2D eigenvalue weighted by Gasteiger charge is -2.21. The Bertz CT molecular complexity index is 1390. The second kappa shape index (κ2) is 9.76. The van der Waals surface area contributed by atoms with Gasteiger partial charge in [-0.05, 0) is 30.3 Å². The summed E-state index contributed by atoms with van der Waals surface area (Å²) in [6.07, 6.45) is 1.46. The number of ether oxygens (including phenoxy) is 2. The summed E-state index contributed by atoms with van der Waals surface area (Å²) in [5.74, 6) is -0.641. The van der Waals surface area contributed by atoms with Crippen molar-refractivity contribution in [3.63, 3.8) is 0 Å². The number of methoxy groups -OCH3 is 2. The topological polar surface area (TPSA) is 97.1 Å². The average Bonchev–Trinajstić information content (AvgIpc) is 3.33. The van der Waals surface area contributed by atoms with Crippen LogP contribution in [0, 0.1) is 5.82 Å². The maximum atomic E-state index is 14.4. The molecule has 0 aliphatic rings. The molecule has 0 radical (unpaired) electrons. The molecule has 1 heterocycles. The van der Waals surface area contributed by atoms with Gasteiger partial charge in [-0.15, -0.1) is 0 Å². The number of rotatable bonds is 7. The van der Waals surface area contributed by atoms with Crippen LogP contribution in [-0.2, 0) is 6.54 Å². The van der Waals surface area contributed by atoms with Gasteiger partial charge >= 0.3 is 0 Å². The number of halogens is 1. The fourth-order valence-electron chi connectivity index (χ4n) is 3.89. The number of aromatic hydroxyl groups is 2. The third-order valence-corrected chi connectivity index (χ3v) is 5.58. The second-order valence-corrected chi connectivity index (χ2v) is 7.78. The van der Waals surface area contributed by atoms with E-state index in [9.17, 15) is 19.4 Å². The number of carbonyl (C=O) groups is 1. The van der Waals surface area contributed by atoms with Crippen molar-refractivity contribution >= 4 is 5.91 Å². The summed E-state index contributed by atoms with van der Waals surface area (Å²) in [5.41, 5.74) is 1.40. The maximum Gasteiger partial charge on any atom is 0.257 e. The number of phenolic OH excluding ortho intramolecular Hbond substituents is 2. The van der Waals surface area contributed by atoms with Crippen LogP contribution < -0.4 is 9.47 Å². The molecule has 9 heteroatoms. The van der Waals surface area contributed by atoms with Crippen molar-refractivity contribution in [3.05, 3.63) is 83.8 Å². The van der Waals surface area contributed by atoms with Crippen LogP contribution in [0.25, 0.3) is 16.9 Å². The van der Waals surface area contributed by atoms with Crippen molar-refractivity contribution in [2.24, 2.45) is 0 Å². The number of carbonyl (C=O) groups excluding carboxylic acids is 1. The van der Waals surface area contributed by atoms with E-state index in [0.717, 1.165) is 6.07 Å². The summed E-state index contributed by atoms with van der Waals surface area (Å²) in [7, 11) is 4.62. The molecule has 2 N–H and O–H groups in total. The highest BCUT2D eigenvalue weighted by Crippen LogP contribution is 2.37. The Morgan fingerprint density at radius 3 is 2.51 bits per heavy atom. The molecule has 0 aliphatic heterocycles. The predicted octanol–water partition coefficient (Wildman–Crippen LogP) is 4.38. The van der Waals surface area contributed by atoms with Crippen LogP contribution >= 0.6 is 0 Å². The molecule has 35 heavy (non-hydrogen) atoms. The molecular weight excluding hydrogens is 453 g/mol. The van der Waals surface area contributed by atoms with E-state index in [1.807, 2.05) is 0 Å². The molecule has 0 fully saturated rings. The number of nitrogens with zero attached hydrogens (tertiary/aromatic N) is 3. The number of para-hydroxylation sites is 2. The lowest BCUT2D eigenvalue weighted by atomic mass is 10.0. The first-order valence-electron chi connectivity index (χ1n) is 10.7. The Hall–Kier alpha value is -4.53. The van der Waals surface area contributed by atoms with Gasteiger partial charge < -0.3 is 24.6 Å². The molecule has 0 saturated carbocycles. The largest absolute Gasteiger partial charge is 0.507 e. The lowest BCUT2D eigenvalue weighted by molar-refractivity contribution is 0.0781. The fourth-order valence-corrected chi connectivity index (χ4v) is 3.89. The van der Waals surface area contributed by atoms with E-state index >= 15 is 0 Å². The van der Waals surface area contributed by atoms with E-state index < -0.39 is 17.5 Å². The molecule has 3 aromatic carbocycles. The summed E-state index contributed by atoms with van der Waals surface area (Å²) >= 11 is 0. The smallest absolute Gasteiger partial charge is 0.257 e. The zero-order valence-electron chi connectivity index (χ0n) is 19.4. The molecule has 8 nitrogen and oxygen atoms in total. The Morgan fingerprint density at radius 2 is 1.80 bits per heavy atom. The molecule has 180 valence electrons. The van der Waals surface area contributed by atoms with E-state index in [2.05, 4.69) is 5.10 Å². The first kappa shape index (κ1) is 23.6. The van der Waals surface area contributed by atoms with Crippen molar-refractivity contribution in [1.82, 2.24) is 14.7 Å². The van der Waals surface area contributed by atoms with Gasteiger partial charge in [-0.3, -0.25) is 4.79 Å². The molecule has 1 aromatic heterocycles. The first-order chi connectivity index (χ1) is 16.8. The van der Waals surface area contributed by atoms with Gasteiger partial charge in [0, 0.05) is 30.8 Å². The van der Waals surface area contributed by atoms with Crippen LogP contribution in [0.15, 0.2) is 66.9 Å². The lowest BCUT2D eigenvalue weighted by Crippen LogP contribution is -2.26. The van der Waals surface area contributed by atoms with Gasteiger partial charge in [-0.2, -0.15) is 5.10 Å². The number of aromatic nitrogens is 2. The minimum absolute atomic E-state index is 0.0385. The van der Waals surface area contributed by atoms with Gasteiger partial charge in [0.1, 0.15) is 23.0 Å². The molecule has 0 atom stereocenters. The number of phenols is 2. The summed E-state index contributed by atoms with van der Waals surface area (Å²) in [5, 5.41) is 25.2. The molecule has 4 aromatic rings. The summed E-state index contributed by atoms with van der Waals surface area (Å²) in [6, 6.07) is 15.4. The van der Waals surface area contributed by atoms with E-state index in [1.54, 1.807) is 49.5 Å². The highest BCUT2D eigenvalue weighted by Gasteiger charge is 2.23. The van der Waals surface area contributed by atoms with Gasteiger partial charge in [0.2, 0.25) is 0 Å². The normalized spacial score (nSPS) is 10.7. The van der Waals surface area contributed by atoms with Gasteiger partial charge in [-0.1, -0.05) is 24.3 Å². The fraction of sp³-hybridized carbons (Fsp3) is 0.154. The highest BCUT2D eigenvalue weighted by molar-refractivity contribution is 5.98. The molecule has 4 rings (SSSR count). The minimum Gasteiger partial charge on any atom is -0.507 e. The van der Waals surface area contributed by atoms with Crippen LogP contribution in [0.2, 0.25) is 0 Å². The molecule has 0 aliphatic carbocycles. The van der Waals surface area contributed by atoms with Gasteiger partial charge in [0.25, 0.3) is 5.91 Å². The Morgan fingerprint density at radius 1 is 1.03 bits per heavy atom. The van der Waals surface area contributed by atoms with E-state index in [1.165, 1.54) is 42.1 Å². The van der Waals surface area contributed by atoms with Crippen molar-refractivity contribution in [2.75, 3.05) is 21.3 Å². The maximum absolute atomic E-state index is 14.4. The summed E-state index contributed by atoms with van der Waals surface area (Å²) in [6.45, 7) is 0.169. The third kappa shape index (κ3) is 4.48. The molecule has 0 bridgehead atoms. The van der Waals surface area contributed by atoms with E-state index in [0.29, 0.717) is 22.8 Å². The first-order valence-corrected chi connectivity index (χ1v) is 10.7. The third-order valence-electron chi connectivity index (χ3n) is 5.58. The molecule has 0 saturated heterocycles. The standard InChI is InChI=1S/C26H24FN3O5/c1-29(15-16-7-6-10-24(34-2)25(16)35-3)26(33)18-13-17(22(31)14-23(18)32)20-11-12-28-30(20)21-9-5-4-8-19(21)27/h4-14,31-32H,15H2,1-3H3. The average molecular weight is 477 g/mol.